The fourth-order valence-corrected chi connectivity index (χ4v) is 5.01. The lowest BCUT2D eigenvalue weighted by Gasteiger charge is -2.16. The normalized spacial score (nSPS) is 15.3. The fraction of sp³-hybridized carbons (Fsp3) is 0.250. The summed E-state index contributed by atoms with van der Waals surface area (Å²) in [7, 11) is 0. The summed E-state index contributed by atoms with van der Waals surface area (Å²) < 4.78 is 2.21. The van der Waals surface area contributed by atoms with Crippen molar-refractivity contribution in [1.82, 2.24) is 4.57 Å². The molecular weight excluding hydrogens is 417 g/mol. The van der Waals surface area contributed by atoms with E-state index in [1.165, 1.54) is 30.2 Å². The molecule has 0 atom stereocenters. The van der Waals surface area contributed by atoms with Crippen molar-refractivity contribution < 1.29 is 4.92 Å². The average molecular weight is 434 g/mol. The quantitative estimate of drug-likeness (QED) is 0.336. The third kappa shape index (κ3) is 3.85. The lowest BCUT2D eigenvalue weighted by molar-refractivity contribution is -0.384. The second-order valence-corrected chi connectivity index (χ2v) is 8.41. The van der Waals surface area contributed by atoms with Crippen LogP contribution in [0.3, 0.4) is 0 Å². The maximum absolute atomic E-state index is 11.2. The molecule has 3 aromatic rings. The number of aromatic nitrogens is 1. The Balaban J connectivity index is 1.88. The van der Waals surface area contributed by atoms with Gasteiger partial charge in [0.1, 0.15) is 0 Å². The third-order valence-electron chi connectivity index (χ3n) is 4.91. The highest BCUT2D eigenvalue weighted by atomic mass is 35.5. The second-order valence-electron chi connectivity index (χ2n) is 6.73. The Morgan fingerprint density at radius 3 is 2.64 bits per heavy atom. The van der Waals surface area contributed by atoms with Gasteiger partial charge in [0, 0.05) is 34.1 Å². The van der Waals surface area contributed by atoms with Crippen LogP contribution in [0, 0.1) is 10.1 Å². The van der Waals surface area contributed by atoms with E-state index in [9.17, 15) is 10.1 Å². The number of nitro benzene ring substituents is 1. The summed E-state index contributed by atoms with van der Waals surface area (Å²) >= 11 is 13.8. The Labute approximate surface area is 176 Å². The van der Waals surface area contributed by atoms with Gasteiger partial charge in [0.2, 0.25) is 0 Å². The fourth-order valence-electron chi connectivity index (χ4n) is 3.58. The van der Waals surface area contributed by atoms with Crippen molar-refractivity contribution >= 4 is 45.9 Å². The summed E-state index contributed by atoms with van der Waals surface area (Å²) in [6, 6.07) is 12.3. The summed E-state index contributed by atoms with van der Waals surface area (Å²) in [6.45, 7) is 0. The van der Waals surface area contributed by atoms with Crippen LogP contribution in [-0.2, 0) is 0 Å². The molecule has 1 aliphatic rings. The molecule has 0 bridgehead atoms. The maximum atomic E-state index is 11.2. The van der Waals surface area contributed by atoms with Crippen molar-refractivity contribution in [1.29, 1.82) is 0 Å². The number of nitro groups is 1. The van der Waals surface area contributed by atoms with Gasteiger partial charge in [0.25, 0.3) is 5.69 Å². The molecule has 0 amide bonds. The van der Waals surface area contributed by atoms with Gasteiger partial charge < -0.3 is 4.57 Å². The lowest BCUT2D eigenvalue weighted by Crippen LogP contribution is -2.20. The molecule has 0 spiro atoms. The molecule has 1 fully saturated rings. The van der Waals surface area contributed by atoms with Crippen molar-refractivity contribution in [3.8, 4) is 11.3 Å². The molecule has 144 valence electrons. The monoisotopic (exact) mass is 433 g/mol. The molecule has 0 N–H and O–H groups in total. The molecule has 0 saturated heterocycles. The molecule has 2 aromatic carbocycles. The zero-order valence-electron chi connectivity index (χ0n) is 14.8. The van der Waals surface area contributed by atoms with Crippen LogP contribution in [-0.4, -0.2) is 9.49 Å². The number of benzene rings is 2. The summed E-state index contributed by atoms with van der Waals surface area (Å²) in [5.41, 5.74) is 2.51. The molecule has 1 aliphatic carbocycles. The first-order chi connectivity index (χ1) is 13.5. The van der Waals surface area contributed by atoms with E-state index < -0.39 is 0 Å². The Bertz CT molecular complexity index is 1100. The van der Waals surface area contributed by atoms with E-state index in [-0.39, 0.29) is 10.6 Å². The number of rotatable bonds is 4. The number of hydrogen-bond donors (Lipinski definition) is 0. The van der Waals surface area contributed by atoms with Crippen molar-refractivity contribution in [3.05, 3.63) is 72.8 Å². The largest absolute Gasteiger partial charge is 0.313 e. The summed E-state index contributed by atoms with van der Waals surface area (Å²) in [5.74, 6) is 0. The van der Waals surface area contributed by atoms with Crippen LogP contribution in [0.2, 0.25) is 10.0 Å². The van der Waals surface area contributed by atoms with Gasteiger partial charge in [0.15, 0.2) is 4.80 Å². The number of non-ortho nitro benzene ring substituents is 1. The van der Waals surface area contributed by atoms with Crippen LogP contribution in [0.4, 0.5) is 11.4 Å². The van der Waals surface area contributed by atoms with Crippen LogP contribution < -0.4 is 4.80 Å². The van der Waals surface area contributed by atoms with E-state index >= 15 is 0 Å². The SMILES string of the molecule is O=[N+]([O-])c1cccc(-c2csc(=Nc3ccc(Cl)cc3Cl)n2C2CCCC2)c1. The van der Waals surface area contributed by atoms with E-state index in [0.29, 0.717) is 21.8 Å². The van der Waals surface area contributed by atoms with Gasteiger partial charge in [0.05, 0.1) is 21.3 Å². The van der Waals surface area contributed by atoms with E-state index in [1.807, 2.05) is 11.4 Å². The number of thiazole rings is 1. The Morgan fingerprint density at radius 1 is 1.14 bits per heavy atom. The van der Waals surface area contributed by atoms with E-state index in [1.54, 1.807) is 30.3 Å². The van der Waals surface area contributed by atoms with Crippen LogP contribution in [0.1, 0.15) is 31.7 Å². The van der Waals surface area contributed by atoms with Crippen LogP contribution in [0.25, 0.3) is 11.3 Å². The molecular formula is C20H17Cl2N3O2S. The first-order valence-electron chi connectivity index (χ1n) is 8.97. The summed E-state index contributed by atoms with van der Waals surface area (Å²) in [4.78, 5) is 16.4. The molecule has 4 rings (SSSR count). The van der Waals surface area contributed by atoms with Gasteiger partial charge in [-0.25, -0.2) is 4.99 Å². The minimum Gasteiger partial charge on any atom is -0.313 e. The molecule has 0 unspecified atom stereocenters. The molecule has 1 heterocycles. The molecule has 0 radical (unpaired) electrons. The Kier molecular flexibility index (Phi) is 5.53. The highest BCUT2D eigenvalue weighted by Crippen LogP contribution is 2.35. The smallest absolute Gasteiger partial charge is 0.270 e. The predicted molar refractivity (Wildman–Crippen MR) is 114 cm³/mol. The van der Waals surface area contributed by atoms with E-state index in [2.05, 4.69) is 4.57 Å². The Morgan fingerprint density at radius 2 is 1.93 bits per heavy atom. The van der Waals surface area contributed by atoms with Crippen molar-refractivity contribution in [2.75, 3.05) is 0 Å². The maximum Gasteiger partial charge on any atom is 0.270 e. The molecule has 28 heavy (non-hydrogen) atoms. The minimum absolute atomic E-state index is 0.0842. The predicted octanol–water partition coefficient (Wildman–Crippen LogP) is 6.78. The number of halogens is 2. The topological polar surface area (TPSA) is 60.4 Å². The molecule has 1 saturated carbocycles. The molecule has 0 aliphatic heterocycles. The van der Waals surface area contributed by atoms with Crippen LogP contribution in [0.5, 0.6) is 0 Å². The number of hydrogen-bond acceptors (Lipinski definition) is 4. The highest BCUT2D eigenvalue weighted by molar-refractivity contribution is 7.07. The zero-order valence-corrected chi connectivity index (χ0v) is 17.2. The standard InChI is InChI=1S/C20H17Cl2N3O2S/c21-14-8-9-18(17(22)11-14)23-20-24(15-5-1-2-6-15)19(12-28-20)13-4-3-7-16(10-13)25(26)27/h3-4,7-12,15H,1-2,5-6H2. The van der Waals surface area contributed by atoms with Gasteiger partial charge in [-0.1, -0.05) is 48.2 Å². The van der Waals surface area contributed by atoms with E-state index in [0.717, 1.165) is 28.9 Å². The summed E-state index contributed by atoms with van der Waals surface area (Å²) in [5, 5.41) is 14.3. The zero-order chi connectivity index (χ0) is 19.7. The first-order valence-corrected chi connectivity index (χ1v) is 10.6. The van der Waals surface area contributed by atoms with Crippen LogP contribution >= 0.6 is 34.5 Å². The van der Waals surface area contributed by atoms with Crippen LogP contribution in [0.15, 0.2) is 52.8 Å². The van der Waals surface area contributed by atoms with Gasteiger partial charge in [-0.2, -0.15) is 0 Å². The highest BCUT2D eigenvalue weighted by Gasteiger charge is 2.22. The first kappa shape index (κ1) is 19.2. The van der Waals surface area contributed by atoms with Crippen molar-refractivity contribution in [3.63, 3.8) is 0 Å². The van der Waals surface area contributed by atoms with Gasteiger partial charge >= 0.3 is 0 Å². The van der Waals surface area contributed by atoms with Gasteiger partial charge in [-0.05, 0) is 31.0 Å². The lowest BCUT2D eigenvalue weighted by atomic mass is 10.1. The van der Waals surface area contributed by atoms with Crippen molar-refractivity contribution in [2.45, 2.75) is 31.7 Å². The molecule has 1 aromatic heterocycles. The van der Waals surface area contributed by atoms with Gasteiger partial charge in [-0.15, -0.1) is 11.3 Å². The summed E-state index contributed by atoms with van der Waals surface area (Å²) in [6.07, 6.45) is 4.48. The molecule has 5 nitrogen and oxygen atoms in total. The molecule has 8 heteroatoms. The average Bonchev–Trinajstić information content (AvgIpc) is 3.33. The Hall–Kier alpha value is -2.15. The second kappa shape index (κ2) is 8.07. The number of nitrogens with zero attached hydrogens (tertiary/aromatic N) is 3. The van der Waals surface area contributed by atoms with Crippen molar-refractivity contribution in [2.24, 2.45) is 4.99 Å². The van der Waals surface area contributed by atoms with Gasteiger partial charge in [-0.3, -0.25) is 10.1 Å². The van der Waals surface area contributed by atoms with E-state index in [4.69, 9.17) is 28.2 Å². The third-order valence-corrected chi connectivity index (χ3v) is 6.29. The minimum atomic E-state index is -0.367.